The third kappa shape index (κ3) is 5.28. The lowest BCUT2D eigenvalue weighted by atomic mass is 10.1. The van der Waals surface area contributed by atoms with Crippen molar-refractivity contribution in [2.75, 3.05) is 37.6 Å². The van der Waals surface area contributed by atoms with Crippen molar-refractivity contribution in [1.82, 2.24) is 15.1 Å². The van der Waals surface area contributed by atoms with E-state index in [0.717, 1.165) is 29.8 Å². The van der Waals surface area contributed by atoms with Crippen molar-refractivity contribution in [2.24, 2.45) is 0 Å². The Balaban J connectivity index is 1.21. The summed E-state index contributed by atoms with van der Waals surface area (Å²) in [5.74, 6) is 0.271. The molecule has 1 N–H and O–H groups in total. The molecular weight excluding hydrogens is 404 g/mol. The molecule has 32 heavy (non-hydrogen) atoms. The first-order chi connectivity index (χ1) is 15.5. The van der Waals surface area contributed by atoms with E-state index in [-0.39, 0.29) is 17.8 Å². The predicted molar refractivity (Wildman–Crippen MR) is 123 cm³/mol. The SMILES string of the molecule is Cc1ccc(CC(=O)N2CCN(C(=O)NCc3ccc(N4CCCC4=O)cc3)CC2)cc1. The summed E-state index contributed by atoms with van der Waals surface area (Å²) in [6.45, 7) is 5.39. The van der Waals surface area contributed by atoms with Crippen LogP contribution in [-0.4, -0.2) is 60.4 Å². The van der Waals surface area contributed by atoms with Crippen LogP contribution in [0.4, 0.5) is 10.5 Å². The van der Waals surface area contributed by atoms with Gasteiger partial charge >= 0.3 is 6.03 Å². The molecule has 0 unspecified atom stereocenters. The Morgan fingerprint density at radius 3 is 2.09 bits per heavy atom. The highest BCUT2D eigenvalue weighted by atomic mass is 16.2. The van der Waals surface area contributed by atoms with Crippen LogP contribution < -0.4 is 10.2 Å². The lowest BCUT2D eigenvalue weighted by molar-refractivity contribution is -0.131. The molecule has 0 bridgehead atoms. The highest BCUT2D eigenvalue weighted by Crippen LogP contribution is 2.21. The summed E-state index contributed by atoms with van der Waals surface area (Å²) in [6.07, 6.45) is 1.91. The van der Waals surface area contributed by atoms with Crippen molar-refractivity contribution in [2.45, 2.75) is 32.7 Å². The minimum atomic E-state index is -0.116. The fraction of sp³-hybridized carbons (Fsp3) is 0.400. The van der Waals surface area contributed by atoms with Crippen LogP contribution in [0.5, 0.6) is 0 Å². The Morgan fingerprint density at radius 1 is 0.844 bits per heavy atom. The van der Waals surface area contributed by atoms with Gasteiger partial charge < -0.3 is 20.0 Å². The van der Waals surface area contributed by atoms with E-state index in [2.05, 4.69) is 5.32 Å². The topological polar surface area (TPSA) is 73.0 Å². The number of urea groups is 1. The van der Waals surface area contributed by atoms with E-state index >= 15 is 0 Å². The van der Waals surface area contributed by atoms with Crippen LogP contribution in [0, 0.1) is 6.92 Å². The maximum absolute atomic E-state index is 12.6. The van der Waals surface area contributed by atoms with Crippen molar-refractivity contribution >= 4 is 23.5 Å². The summed E-state index contributed by atoms with van der Waals surface area (Å²) in [4.78, 5) is 42.4. The van der Waals surface area contributed by atoms with E-state index in [1.54, 1.807) is 4.90 Å². The Hall–Kier alpha value is -3.35. The zero-order chi connectivity index (χ0) is 22.5. The maximum atomic E-state index is 12.6. The summed E-state index contributed by atoms with van der Waals surface area (Å²) in [6, 6.07) is 15.7. The number of amides is 4. The molecule has 2 aromatic carbocycles. The summed E-state index contributed by atoms with van der Waals surface area (Å²) in [5, 5.41) is 2.96. The monoisotopic (exact) mass is 434 g/mol. The third-order valence-corrected chi connectivity index (χ3v) is 6.16. The molecule has 0 atom stereocenters. The summed E-state index contributed by atoms with van der Waals surface area (Å²) >= 11 is 0. The van der Waals surface area contributed by atoms with Crippen LogP contribution >= 0.6 is 0 Å². The van der Waals surface area contributed by atoms with Crippen molar-refractivity contribution in [3.05, 3.63) is 65.2 Å². The van der Waals surface area contributed by atoms with Crippen LogP contribution in [0.25, 0.3) is 0 Å². The molecule has 2 saturated heterocycles. The van der Waals surface area contributed by atoms with E-state index in [4.69, 9.17) is 0 Å². The molecule has 2 aliphatic rings. The van der Waals surface area contributed by atoms with E-state index in [1.807, 2.05) is 65.3 Å². The van der Waals surface area contributed by atoms with Crippen LogP contribution in [0.3, 0.4) is 0 Å². The number of benzene rings is 2. The van der Waals surface area contributed by atoms with Gasteiger partial charge in [0.1, 0.15) is 0 Å². The number of nitrogens with one attached hydrogen (secondary N) is 1. The molecule has 2 aliphatic heterocycles. The zero-order valence-electron chi connectivity index (χ0n) is 18.5. The van der Waals surface area contributed by atoms with E-state index in [9.17, 15) is 14.4 Å². The van der Waals surface area contributed by atoms with Crippen LogP contribution in [0.2, 0.25) is 0 Å². The Bertz CT molecular complexity index is 964. The molecule has 0 aromatic heterocycles. The normalized spacial score (nSPS) is 16.4. The molecule has 7 heteroatoms. The minimum absolute atomic E-state index is 0.102. The lowest BCUT2D eigenvalue weighted by Crippen LogP contribution is -2.53. The van der Waals surface area contributed by atoms with Gasteiger partial charge in [0.05, 0.1) is 6.42 Å². The number of carbonyl (C=O) groups excluding carboxylic acids is 3. The highest BCUT2D eigenvalue weighted by Gasteiger charge is 2.24. The quantitative estimate of drug-likeness (QED) is 0.787. The Labute approximate surface area is 189 Å². The van der Waals surface area contributed by atoms with E-state index in [0.29, 0.717) is 45.6 Å². The largest absolute Gasteiger partial charge is 0.339 e. The standard InChI is InChI=1S/C25H30N4O3/c1-19-4-6-20(7-5-19)17-24(31)27-13-15-28(16-14-27)25(32)26-18-21-8-10-22(11-9-21)29-12-2-3-23(29)30/h4-11H,2-3,12-18H2,1H3,(H,26,32). The second-order valence-electron chi connectivity index (χ2n) is 8.50. The number of rotatable bonds is 5. The number of hydrogen-bond donors (Lipinski definition) is 1. The smallest absolute Gasteiger partial charge is 0.317 e. The molecule has 0 aliphatic carbocycles. The van der Waals surface area contributed by atoms with E-state index < -0.39 is 0 Å². The second kappa shape index (κ2) is 9.85. The van der Waals surface area contributed by atoms with Gasteiger partial charge in [-0.3, -0.25) is 9.59 Å². The molecular formula is C25H30N4O3. The third-order valence-electron chi connectivity index (χ3n) is 6.16. The number of nitrogens with zero attached hydrogens (tertiary/aromatic N) is 3. The molecule has 2 heterocycles. The van der Waals surface area contributed by atoms with Crippen LogP contribution in [0.1, 0.15) is 29.5 Å². The van der Waals surface area contributed by atoms with Gasteiger partial charge in [0, 0.05) is 51.4 Å². The summed E-state index contributed by atoms with van der Waals surface area (Å²) in [7, 11) is 0. The minimum Gasteiger partial charge on any atom is -0.339 e. The predicted octanol–water partition coefficient (Wildman–Crippen LogP) is 2.72. The van der Waals surface area contributed by atoms with Gasteiger partial charge in [-0.05, 0) is 36.6 Å². The van der Waals surface area contributed by atoms with Gasteiger partial charge in [-0.25, -0.2) is 4.79 Å². The van der Waals surface area contributed by atoms with Crippen LogP contribution in [-0.2, 0) is 22.6 Å². The maximum Gasteiger partial charge on any atom is 0.317 e. The fourth-order valence-corrected chi connectivity index (χ4v) is 4.16. The Kier molecular flexibility index (Phi) is 6.73. The molecule has 4 rings (SSSR count). The molecule has 7 nitrogen and oxygen atoms in total. The molecule has 2 aromatic rings. The van der Waals surface area contributed by atoms with E-state index in [1.165, 1.54) is 5.56 Å². The average molecular weight is 435 g/mol. The van der Waals surface area contributed by atoms with Gasteiger partial charge in [0.2, 0.25) is 11.8 Å². The molecule has 0 saturated carbocycles. The second-order valence-corrected chi connectivity index (χ2v) is 8.50. The first kappa shape index (κ1) is 21.9. The van der Waals surface area contributed by atoms with Crippen molar-refractivity contribution in [1.29, 1.82) is 0 Å². The highest BCUT2D eigenvalue weighted by molar-refractivity contribution is 5.95. The van der Waals surface area contributed by atoms with Crippen LogP contribution in [0.15, 0.2) is 48.5 Å². The first-order valence-electron chi connectivity index (χ1n) is 11.2. The summed E-state index contributed by atoms with van der Waals surface area (Å²) < 4.78 is 0. The van der Waals surface area contributed by atoms with Gasteiger partial charge in [0.15, 0.2) is 0 Å². The summed E-state index contributed by atoms with van der Waals surface area (Å²) in [5.41, 5.74) is 4.09. The zero-order valence-corrected chi connectivity index (χ0v) is 18.5. The number of piperazine rings is 1. The number of anilines is 1. The van der Waals surface area contributed by atoms with Gasteiger partial charge in [-0.1, -0.05) is 42.0 Å². The number of carbonyl (C=O) groups is 3. The molecule has 0 spiro atoms. The molecule has 4 amide bonds. The van der Waals surface area contributed by atoms with Gasteiger partial charge in [-0.15, -0.1) is 0 Å². The molecule has 0 radical (unpaired) electrons. The lowest BCUT2D eigenvalue weighted by Gasteiger charge is -2.34. The molecule has 168 valence electrons. The number of aryl methyl sites for hydroxylation is 1. The Morgan fingerprint density at radius 2 is 1.47 bits per heavy atom. The van der Waals surface area contributed by atoms with Crippen molar-refractivity contribution < 1.29 is 14.4 Å². The number of hydrogen-bond acceptors (Lipinski definition) is 3. The average Bonchev–Trinajstić information content (AvgIpc) is 3.25. The van der Waals surface area contributed by atoms with Crippen molar-refractivity contribution in [3.63, 3.8) is 0 Å². The van der Waals surface area contributed by atoms with Gasteiger partial charge in [0.25, 0.3) is 0 Å². The fourth-order valence-electron chi connectivity index (χ4n) is 4.16. The van der Waals surface area contributed by atoms with Crippen molar-refractivity contribution in [3.8, 4) is 0 Å². The molecule has 2 fully saturated rings. The van der Waals surface area contributed by atoms with Gasteiger partial charge in [-0.2, -0.15) is 0 Å². The first-order valence-corrected chi connectivity index (χ1v) is 11.2.